The topological polar surface area (TPSA) is 98.7 Å². The fraction of sp³-hybridized carbons (Fsp3) is 0.0909. The molecule has 6 nitrogen and oxygen atoms in total. The molecule has 0 aliphatic carbocycles. The molecule has 3 aromatic carbocycles. The van der Waals surface area contributed by atoms with E-state index in [0.717, 1.165) is 0 Å². The molecule has 0 bridgehead atoms. The quantitative estimate of drug-likeness (QED) is 0.471. The summed E-state index contributed by atoms with van der Waals surface area (Å²) in [4.78, 5) is 23.4. The van der Waals surface area contributed by atoms with Crippen LogP contribution in [0.4, 0.5) is 11.4 Å². The molecule has 0 spiro atoms. The van der Waals surface area contributed by atoms with Crippen LogP contribution in [0.2, 0.25) is 0 Å². The fourth-order valence-electron chi connectivity index (χ4n) is 2.86. The summed E-state index contributed by atoms with van der Waals surface area (Å²) in [5, 5.41) is 25.1. The number of hydrogen-bond donors (Lipinski definition) is 4. The molecule has 0 amide bonds. The van der Waals surface area contributed by atoms with Gasteiger partial charge in [0.2, 0.25) is 0 Å². The van der Waals surface area contributed by atoms with Crippen molar-refractivity contribution >= 4 is 23.3 Å². The predicted molar refractivity (Wildman–Crippen MR) is 107 cm³/mol. The fourth-order valence-corrected chi connectivity index (χ4v) is 2.86. The Morgan fingerprint density at radius 2 is 0.893 bits per heavy atom. The SMILES string of the molecule is O=C(O)C(Nc1ccccc1)c1ccc(C(Nc2ccccc2)C(=O)O)cc1. The lowest BCUT2D eigenvalue weighted by atomic mass is 10.0. The number of para-hydroxylation sites is 2. The second-order valence-electron chi connectivity index (χ2n) is 6.23. The highest BCUT2D eigenvalue weighted by Gasteiger charge is 2.23. The van der Waals surface area contributed by atoms with Crippen molar-refractivity contribution in [1.29, 1.82) is 0 Å². The predicted octanol–water partition coefficient (Wildman–Crippen LogP) is 4.16. The summed E-state index contributed by atoms with van der Waals surface area (Å²) in [5.41, 5.74) is 2.44. The van der Waals surface area contributed by atoms with E-state index in [1.807, 2.05) is 36.4 Å². The van der Waals surface area contributed by atoms with Gasteiger partial charge in [-0.3, -0.25) is 0 Å². The van der Waals surface area contributed by atoms with Gasteiger partial charge in [0.15, 0.2) is 12.1 Å². The Bertz CT molecular complexity index is 849. The maximum atomic E-state index is 11.7. The van der Waals surface area contributed by atoms with Crippen LogP contribution in [0.25, 0.3) is 0 Å². The van der Waals surface area contributed by atoms with Gasteiger partial charge in [0, 0.05) is 11.4 Å². The molecule has 0 aromatic heterocycles. The third-order valence-electron chi connectivity index (χ3n) is 4.27. The summed E-state index contributed by atoms with van der Waals surface area (Å²) < 4.78 is 0. The first-order valence-corrected chi connectivity index (χ1v) is 8.73. The molecule has 142 valence electrons. The second kappa shape index (κ2) is 8.73. The van der Waals surface area contributed by atoms with Crippen molar-refractivity contribution in [1.82, 2.24) is 0 Å². The van der Waals surface area contributed by atoms with Crippen LogP contribution in [0.1, 0.15) is 23.2 Å². The van der Waals surface area contributed by atoms with Crippen molar-refractivity contribution in [3.63, 3.8) is 0 Å². The third-order valence-corrected chi connectivity index (χ3v) is 4.27. The van der Waals surface area contributed by atoms with E-state index in [-0.39, 0.29) is 0 Å². The van der Waals surface area contributed by atoms with Gasteiger partial charge in [-0.1, -0.05) is 60.7 Å². The minimum atomic E-state index is -1.02. The van der Waals surface area contributed by atoms with Gasteiger partial charge in [-0.25, -0.2) is 9.59 Å². The average molecular weight is 376 g/mol. The first-order chi connectivity index (χ1) is 13.5. The molecule has 0 saturated carbocycles. The molecular weight excluding hydrogens is 356 g/mol. The molecule has 6 heteroatoms. The Kier molecular flexibility index (Phi) is 5.91. The highest BCUT2D eigenvalue weighted by molar-refractivity contribution is 5.81. The van der Waals surface area contributed by atoms with Crippen LogP contribution >= 0.6 is 0 Å². The van der Waals surface area contributed by atoms with E-state index in [9.17, 15) is 19.8 Å². The highest BCUT2D eigenvalue weighted by Crippen LogP contribution is 2.24. The van der Waals surface area contributed by atoms with Gasteiger partial charge in [0.1, 0.15) is 0 Å². The van der Waals surface area contributed by atoms with E-state index in [1.165, 1.54) is 0 Å². The Morgan fingerprint density at radius 1 is 0.571 bits per heavy atom. The summed E-state index contributed by atoms with van der Waals surface area (Å²) >= 11 is 0. The lowest BCUT2D eigenvalue weighted by molar-refractivity contribution is -0.139. The van der Waals surface area contributed by atoms with Gasteiger partial charge in [-0.2, -0.15) is 0 Å². The monoisotopic (exact) mass is 376 g/mol. The largest absolute Gasteiger partial charge is 0.479 e. The standard InChI is InChI=1S/C22H20N2O4/c25-21(26)19(23-17-7-3-1-4-8-17)15-11-13-16(14-12-15)20(22(27)28)24-18-9-5-2-6-10-18/h1-14,19-20,23-24H,(H,25,26)(H,27,28). The number of carbonyl (C=O) groups is 2. The number of aliphatic carboxylic acids is 2. The molecular formula is C22H20N2O4. The number of carboxylic acids is 2. The van der Waals surface area contributed by atoms with Crippen molar-refractivity contribution in [3.8, 4) is 0 Å². The summed E-state index contributed by atoms with van der Waals surface area (Å²) in [5.74, 6) is -2.04. The van der Waals surface area contributed by atoms with Crippen LogP contribution in [0.3, 0.4) is 0 Å². The zero-order chi connectivity index (χ0) is 19.9. The molecule has 0 aliphatic rings. The van der Waals surface area contributed by atoms with Gasteiger partial charge in [0.25, 0.3) is 0 Å². The maximum absolute atomic E-state index is 11.7. The summed E-state index contributed by atoms with van der Waals surface area (Å²) in [6.07, 6.45) is 0. The molecule has 3 aromatic rings. The van der Waals surface area contributed by atoms with Crippen LogP contribution < -0.4 is 10.6 Å². The number of rotatable bonds is 8. The number of hydrogen-bond acceptors (Lipinski definition) is 4. The number of carboxylic acid groups (broad SMARTS) is 2. The molecule has 0 saturated heterocycles. The minimum absolute atomic E-state index is 0.531. The lowest BCUT2D eigenvalue weighted by Crippen LogP contribution is -2.22. The molecule has 2 unspecified atom stereocenters. The van der Waals surface area contributed by atoms with Crippen LogP contribution in [0.5, 0.6) is 0 Å². The molecule has 28 heavy (non-hydrogen) atoms. The number of nitrogens with one attached hydrogen (secondary N) is 2. The lowest BCUT2D eigenvalue weighted by Gasteiger charge is -2.19. The summed E-state index contributed by atoms with van der Waals surface area (Å²) in [6.45, 7) is 0. The molecule has 0 fully saturated rings. The van der Waals surface area contributed by atoms with Crippen LogP contribution in [-0.4, -0.2) is 22.2 Å². The van der Waals surface area contributed by atoms with Crippen LogP contribution in [0, 0.1) is 0 Å². The van der Waals surface area contributed by atoms with Gasteiger partial charge < -0.3 is 20.8 Å². The minimum Gasteiger partial charge on any atom is -0.479 e. The third kappa shape index (κ3) is 4.67. The van der Waals surface area contributed by atoms with Crippen molar-refractivity contribution in [3.05, 3.63) is 96.1 Å². The van der Waals surface area contributed by atoms with E-state index < -0.39 is 24.0 Å². The Balaban J connectivity index is 1.81. The molecule has 0 radical (unpaired) electrons. The zero-order valence-electron chi connectivity index (χ0n) is 14.9. The molecule has 3 rings (SSSR count). The van der Waals surface area contributed by atoms with Gasteiger partial charge >= 0.3 is 11.9 Å². The first kappa shape index (κ1) is 19.0. The first-order valence-electron chi connectivity index (χ1n) is 8.73. The Hall–Kier alpha value is -3.80. The van der Waals surface area contributed by atoms with Crippen molar-refractivity contribution in [2.75, 3.05) is 10.6 Å². The van der Waals surface area contributed by atoms with Gasteiger partial charge in [0.05, 0.1) is 0 Å². The van der Waals surface area contributed by atoms with Crippen molar-refractivity contribution in [2.24, 2.45) is 0 Å². The highest BCUT2D eigenvalue weighted by atomic mass is 16.4. The molecule has 4 N–H and O–H groups in total. The van der Waals surface area contributed by atoms with Crippen molar-refractivity contribution < 1.29 is 19.8 Å². The van der Waals surface area contributed by atoms with Gasteiger partial charge in [-0.05, 0) is 35.4 Å². The zero-order valence-corrected chi connectivity index (χ0v) is 14.9. The second-order valence-corrected chi connectivity index (χ2v) is 6.23. The Morgan fingerprint density at radius 3 is 1.18 bits per heavy atom. The molecule has 0 heterocycles. The molecule has 2 atom stereocenters. The number of anilines is 2. The molecule has 0 aliphatic heterocycles. The van der Waals surface area contributed by atoms with E-state index in [0.29, 0.717) is 22.5 Å². The van der Waals surface area contributed by atoms with E-state index in [1.54, 1.807) is 48.5 Å². The number of benzene rings is 3. The van der Waals surface area contributed by atoms with Gasteiger partial charge in [-0.15, -0.1) is 0 Å². The summed E-state index contributed by atoms with van der Waals surface area (Å²) in [7, 11) is 0. The smallest absolute Gasteiger partial charge is 0.330 e. The van der Waals surface area contributed by atoms with E-state index >= 15 is 0 Å². The van der Waals surface area contributed by atoms with E-state index in [4.69, 9.17) is 0 Å². The van der Waals surface area contributed by atoms with E-state index in [2.05, 4.69) is 10.6 Å². The average Bonchev–Trinajstić information content (AvgIpc) is 2.72. The van der Waals surface area contributed by atoms with Crippen LogP contribution in [-0.2, 0) is 9.59 Å². The summed E-state index contributed by atoms with van der Waals surface area (Å²) in [6, 6.07) is 22.7. The Labute approximate surface area is 162 Å². The normalized spacial score (nSPS) is 12.6. The van der Waals surface area contributed by atoms with Crippen molar-refractivity contribution in [2.45, 2.75) is 12.1 Å². The van der Waals surface area contributed by atoms with Crippen LogP contribution in [0.15, 0.2) is 84.9 Å². The maximum Gasteiger partial charge on any atom is 0.330 e.